The molecule has 1 aromatic heterocycles. The molecule has 0 saturated heterocycles. The second kappa shape index (κ2) is 8.31. The van der Waals surface area contributed by atoms with Crippen molar-refractivity contribution >= 4 is 27.2 Å². The molecule has 0 bridgehead atoms. The van der Waals surface area contributed by atoms with Crippen molar-refractivity contribution in [2.75, 3.05) is 6.61 Å². The van der Waals surface area contributed by atoms with Gasteiger partial charge >= 0.3 is 0 Å². The maximum absolute atomic E-state index is 12.2. The second-order valence-corrected chi connectivity index (χ2v) is 9.96. The van der Waals surface area contributed by atoms with E-state index in [1.807, 2.05) is 38.2 Å². The predicted octanol–water partition coefficient (Wildman–Crippen LogP) is 7.31. The molecule has 2 aromatic carbocycles. The summed E-state index contributed by atoms with van der Waals surface area (Å²) in [5.74, 6) is 0.909. The van der Waals surface area contributed by atoms with Crippen LogP contribution in [0.1, 0.15) is 63.5 Å². The number of aryl methyl sites for hydroxylation is 1. The number of ketones is 1. The van der Waals surface area contributed by atoms with Crippen molar-refractivity contribution in [3.63, 3.8) is 0 Å². The van der Waals surface area contributed by atoms with Crippen molar-refractivity contribution in [2.24, 2.45) is 5.41 Å². The second-order valence-electron chi connectivity index (χ2n) is 8.88. The van der Waals surface area contributed by atoms with Gasteiger partial charge in [0.15, 0.2) is 5.78 Å². The summed E-state index contributed by atoms with van der Waals surface area (Å²) in [5.41, 5.74) is 2.01. The van der Waals surface area contributed by atoms with Gasteiger partial charge in [0, 0.05) is 20.4 Å². The molecule has 0 aliphatic carbocycles. The van der Waals surface area contributed by atoms with E-state index in [1.165, 1.54) is 20.5 Å². The molecule has 0 aliphatic rings. The average molecular weight is 409 g/mol. The van der Waals surface area contributed by atoms with Crippen molar-refractivity contribution in [3.8, 4) is 5.75 Å². The molecule has 2 nitrogen and oxygen atoms in total. The van der Waals surface area contributed by atoms with Gasteiger partial charge in [-0.15, -0.1) is 11.3 Å². The molecule has 3 aromatic rings. The van der Waals surface area contributed by atoms with Crippen molar-refractivity contribution in [1.82, 2.24) is 0 Å². The summed E-state index contributed by atoms with van der Waals surface area (Å²) in [7, 11) is 0. The summed E-state index contributed by atoms with van der Waals surface area (Å²) in [4.78, 5) is 13.6. The Morgan fingerprint density at radius 3 is 2.28 bits per heavy atom. The molecule has 3 heteroatoms. The van der Waals surface area contributed by atoms with Crippen LogP contribution in [0.4, 0.5) is 0 Å². The van der Waals surface area contributed by atoms with Crippen LogP contribution in [-0.4, -0.2) is 12.4 Å². The highest BCUT2D eigenvalue weighted by atomic mass is 32.1. The molecule has 1 heterocycles. The van der Waals surface area contributed by atoms with E-state index < -0.39 is 0 Å². The van der Waals surface area contributed by atoms with Crippen LogP contribution in [0.2, 0.25) is 0 Å². The Labute approximate surface area is 178 Å². The summed E-state index contributed by atoms with van der Waals surface area (Å²) in [6, 6.07) is 17.4. The molecule has 0 saturated carbocycles. The third kappa shape index (κ3) is 4.25. The fraction of sp³-hybridized carbons (Fsp3) is 0.423. The van der Waals surface area contributed by atoms with E-state index in [9.17, 15) is 4.79 Å². The van der Waals surface area contributed by atoms with Gasteiger partial charge in [0.25, 0.3) is 0 Å². The molecule has 0 spiro atoms. The number of benzene rings is 2. The maximum Gasteiger partial charge on any atom is 0.175 e. The fourth-order valence-electron chi connectivity index (χ4n) is 3.84. The van der Waals surface area contributed by atoms with Gasteiger partial charge in [-0.3, -0.25) is 4.79 Å². The Morgan fingerprint density at radius 1 is 1.00 bits per heavy atom. The normalized spacial score (nSPS) is 12.3. The van der Waals surface area contributed by atoms with Crippen molar-refractivity contribution in [2.45, 2.75) is 59.8 Å². The first kappa shape index (κ1) is 21.6. The van der Waals surface area contributed by atoms with Gasteiger partial charge in [0.05, 0.1) is 0 Å². The lowest BCUT2D eigenvalue weighted by Gasteiger charge is -2.32. The van der Waals surface area contributed by atoms with E-state index in [0.29, 0.717) is 0 Å². The Bertz CT molecular complexity index is 970. The van der Waals surface area contributed by atoms with Gasteiger partial charge in [-0.25, -0.2) is 0 Å². The van der Waals surface area contributed by atoms with Crippen LogP contribution >= 0.6 is 11.3 Å². The summed E-state index contributed by atoms with van der Waals surface area (Å²) in [6.07, 6.45) is 2.08. The van der Waals surface area contributed by atoms with Crippen LogP contribution in [0, 0.1) is 12.3 Å². The van der Waals surface area contributed by atoms with Gasteiger partial charge in [0.1, 0.15) is 12.4 Å². The topological polar surface area (TPSA) is 26.3 Å². The van der Waals surface area contributed by atoms with E-state index in [-0.39, 0.29) is 23.2 Å². The Morgan fingerprint density at radius 2 is 1.69 bits per heavy atom. The summed E-state index contributed by atoms with van der Waals surface area (Å²) < 4.78 is 7.21. The van der Waals surface area contributed by atoms with Gasteiger partial charge < -0.3 is 4.74 Å². The lowest BCUT2D eigenvalue weighted by molar-refractivity contribution is -0.128. The molecular formula is C26H32O2S. The van der Waals surface area contributed by atoms with Crippen LogP contribution in [0.25, 0.3) is 10.1 Å². The third-order valence-corrected chi connectivity index (χ3v) is 7.35. The molecular weight excluding hydrogens is 376 g/mol. The largest absolute Gasteiger partial charge is 0.486 e. The zero-order chi connectivity index (χ0) is 21.2. The summed E-state index contributed by atoms with van der Waals surface area (Å²) in [6.45, 7) is 12.5. The number of hydrogen-bond donors (Lipinski definition) is 0. The molecule has 0 atom stereocenters. The molecule has 0 unspecified atom stereocenters. The van der Waals surface area contributed by atoms with Crippen molar-refractivity contribution in [1.29, 1.82) is 0 Å². The standard InChI is InChI=1S/C26H32O2S/c1-7-26(8-2,24-16-19-11-9-10-12-22(19)29-24)20-13-14-21(18(3)15-20)28-17-23(27)25(4,5)6/h9-16H,7-8,17H2,1-6H3. The number of ether oxygens (including phenoxy) is 1. The molecule has 0 N–H and O–H groups in total. The fourth-order valence-corrected chi connectivity index (χ4v) is 5.25. The van der Waals surface area contributed by atoms with Gasteiger partial charge in [0.2, 0.25) is 0 Å². The molecule has 0 fully saturated rings. The SMILES string of the molecule is CCC(CC)(c1ccc(OCC(=O)C(C)(C)C)c(C)c1)c1cc2ccccc2s1. The van der Waals surface area contributed by atoms with Gasteiger partial charge in [-0.05, 0) is 54.5 Å². The zero-order valence-electron chi connectivity index (χ0n) is 18.5. The van der Waals surface area contributed by atoms with Crippen molar-refractivity contribution in [3.05, 3.63) is 64.5 Å². The first-order chi connectivity index (χ1) is 13.7. The quantitative estimate of drug-likeness (QED) is 0.410. The monoisotopic (exact) mass is 408 g/mol. The number of rotatable bonds is 7. The highest BCUT2D eigenvalue weighted by molar-refractivity contribution is 7.19. The smallest absolute Gasteiger partial charge is 0.175 e. The van der Waals surface area contributed by atoms with Crippen LogP contribution in [0.5, 0.6) is 5.75 Å². The van der Waals surface area contributed by atoms with E-state index in [4.69, 9.17) is 4.74 Å². The summed E-state index contributed by atoms with van der Waals surface area (Å²) >= 11 is 1.90. The molecule has 29 heavy (non-hydrogen) atoms. The maximum atomic E-state index is 12.2. The minimum atomic E-state index is -0.380. The molecule has 3 rings (SSSR count). The molecule has 0 aliphatic heterocycles. The summed E-state index contributed by atoms with van der Waals surface area (Å²) in [5, 5.41) is 1.32. The Kier molecular flexibility index (Phi) is 6.19. The first-order valence-electron chi connectivity index (χ1n) is 10.5. The lowest BCUT2D eigenvalue weighted by Crippen LogP contribution is -2.27. The van der Waals surface area contributed by atoms with Crippen molar-refractivity contribution < 1.29 is 9.53 Å². The average Bonchev–Trinajstić information content (AvgIpc) is 3.12. The minimum absolute atomic E-state index is 0.00575. The van der Waals surface area contributed by atoms with Crippen LogP contribution in [0.15, 0.2) is 48.5 Å². The van der Waals surface area contributed by atoms with Crippen LogP contribution in [0.3, 0.4) is 0 Å². The zero-order valence-corrected chi connectivity index (χ0v) is 19.3. The van der Waals surface area contributed by atoms with E-state index >= 15 is 0 Å². The minimum Gasteiger partial charge on any atom is -0.486 e. The predicted molar refractivity (Wildman–Crippen MR) is 124 cm³/mol. The van der Waals surface area contributed by atoms with Crippen LogP contribution < -0.4 is 4.74 Å². The van der Waals surface area contributed by atoms with E-state index in [2.05, 4.69) is 63.2 Å². The number of hydrogen-bond acceptors (Lipinski definition) is 3. The van der Waals surface area contributed by atoms with Gasteiger partial charge in [-0.1, -0.05) is 65.0 Å². The van der Waals surface area contributed by atoms with Crippen LogP contribution in [-0.2, 0) is 10.2 Å². The highest BCUT2D eigenvalue weighted by Crippen LogP contribution is 2.44. The highest BCUT2D eigenvalue weighted by Gasteiger charge is 2.33. The van der Waals surface area contributed by atoms with Gasteiger partial charge in [-0.2, -0.15) is 0 Å². The molecule has 0 radical (unpaired) electrons. The first-order valence-corrected chi connectivity index (χ1v) is 11.3. The molecule has 154 valence electrons. The lowest BCUT2D eigenvalue weighted by atomic mass is 9.74. The van der Waals surface area contributed by atoms with E-state index in [0.717, 1.165) is 24.2 Å². The van der Waals surface area contributed by atoms with E-state index in [1.54, 1.807) is 0 Å². The number of Topliss-reactive ketones (excluding diaryl/α,β-unsaturated/α-hetero) is 1. The number of thiophene rings is 1. The third-order valence-electron chi connectivity index (χ3n) is 6.03. The number of carbonyl (C=O) groups excluding carboxylic acids is 1. The number of fused-ring (bicyclic) bond motifs is 1. The Hall–Kier alpha value is -2.13. The molecule has 0 amide bonds. The number of carbonyl (C=O) groups is 1. The Balaban J connectivity index is 1.94.